The molecule has 2 aromatic rings. The minimum absolute atomic E-state index is 0.0320. The van der Waals surface area contributed by atoms with Gasteiger partial charge in [0.15, 0.2) is 0 Å². The number of nitrogens with one attached hydrogen (secondary N) is 6. The van der Waals surface area contributed by atoms with Crippen molar-refractivity contribution in [3.63, 3.8) is 0 Å². The first-order valence-electron chi connectivity index (χ1n) is 26.6. The van der Waals surface area contributed by atoms with Crippen LogP contribution in [0, 0.1) is 11.8 Å². The summed E-state index contributed by atoms with van der Waals surface area (Å²) in [7, 11) is 0. The van der Waals surface area contributed by atoms with Crippen molar-refractivity contribution >= 4 is 41.6 Å². The standard InChI is InChI=1S/C57H78N6O13/c1-33(2)52(61-49(65)20-10-9-15-27-58-56(71)72-31-45-43-18-13-11-16-41(43)42-17-12-14-19-44(42)45)55(70)59-37(6)54(69)63-62-51(67)29-40-30-57(32-73-57)53(68)48(76-40)25-22-34(3)21-24-47-35(4)28-46(38(7)75-47)60-50(66)26-23-36(5)74-39(8)64/h11-14,16-19,21-23,25-26,33,35-38,40,45-48,52-53,68H,9-10,15,20,24,27-32H2,1-8H3,(H,58,71)(H,59,70)(H,60,66)(H,61,65)(H,62,67)(H,63,69)/t35-,36-,37-,38+,40+,46+,47-,48+,52-,53+,57+/m0/s1. The van der Waals surface area contributed by atoms with E-state index in [0.717, 1.165) is 27.8 Å². The van der Waals surface area contributed by atoms with Crippen molar-refractivity contribution in [2.75, 3.05) is 19.8 Å². The lowest BCUT2D eigenvalue weighted by atomic mass is 9.87. The maximum atomic E-state index is 13.3. The molecule has 1 aliphatic carbocycles. The van der Waals surface area contributed by atoms with Gasteiger partial charge in [-0.15, -0.1) is 0 Å². The second kappa shape index (κ2) is 27.6. The predicted molar refractivity (Wildman–Crippen MR) is 283 cm³/mol. The van der Waals surface area contributed by atoms with Gasteiger partial charge in [-0.25, -0.2) is 4.79 Å². The molecule has 0 bridgehead atoms. The highest BCUT2D eigenvalue weighted by molar-refractivity contribution is 5.93. The molecule has 1 spiro atoms. The fourth-order valence-electron chi connectivity index (χ4n) is 9.96. The molecule has 0 radical (unpaired) electrons. The van der Waals surface area contributed by atoms with Crippen LogP contribution in [0.3, 0.4) is 0 Å². The van der Waals surface area contributed by atoms with E-state index >= 15 is 0 Å². The van der Waals surface area contributed by atoms with Gasteiger partial charge in [0.25, 0.3) is 5.91 Å². The molecule has 0 unspecified atom stereocenters. The molecular formula is C57H78N6O13. The maximum absolute atomic E-state index is 13.3. The first kappa shape index (κ1) is 58.8. The summed E-state index contributed by atoms with van der Waals surface area (Å²) in [6.45, 7) is 14.9. The summed E-state index contributed by atoms with van der Waals surface area (Å²) in [5.41, 5.74) is 9.39. The lowest BCUT2D eigenvalue weighted by molar-refractivity contribution is -0.147. The van der Waals surface area contributed by atoms with Crippen LogP contribution in [0.5, 0.6) is 0 Å². The Morgan fingerprint density at radius 3 is 2.18 bits per heavy atom. The number of ether oxygens (including phenoxy) is 5. The highest BCUT2D eigenvalue weighted by Crippen LogP contribution is 2.45. The quantitative estimate of drug-likeness (QED) is 0.0188. The van der Waals surface area contributed by atoms with Crippen LogP contribution in [0.2, 0.25) is 0 Å². The Balaban J connectivity index is 0.855. The van der Waals surface area contributed by atoms with E-state index in [2.05, 4.69) is 63.3 Å². The normalized spacial score (nSPS) is 25.2. The van der Waals surface area contributed by atoms with Crippen molar-refractivity contribution in [1.29, 1.82) is 0 Å². The predicted octanol–water partition coefficient (Wildman–Crippen LogP) is 5.25. The van der Waals surface area contributed by atoms with Crippen LogP contribution in [-0.2, 0) is 52.5 Å². The fraction of sp³-hybridized carbons (Fsp3) is 0.561. The molecule has 11 atom stereocenters. The summed E-state index contributed by atoms with van der Waals surface area (Å²) in [6.07, 6.45) is 8.24. The third-order valence-electron chi connectivity index (χ3n) is 14.4. The number of fused-ring (bicyclic) bond motifs is 3. The Hall–Kier alpha value is -6.41. The molecule has 3 saturated heterocycles. The second-order valence-corrected chi connectivity index (χ2v) is 21.0. The molecule has 76 heavy (non-hydrogen) atoms. The number of hydrogen-bond acceptors (Lipinski definition) is 13. The Labute approximate surface area is 446 Å². The van der Waals surface area contributed by atoms with E-state index < -0.39 is 71.9 Å². The van der Waals surface area contributed by atoms with Crippen LogP contribution >= 0.6 is 0 Å². The van der Waals surface area contributed by atoms with Crippen LogP contribution < -0.4 is 32.1 Å². The molecular weight excluding hydrogens is 977 g/mol. The summed E-state index contributed by atoms with van der Waals surface area (Å²) < 4.78 is 28.8. The Morgan fingerprint density at radius 1 is 0.842 bits per heavy atom. The average Bonchev–Trinajstić information content (AvgIpc) is 4.11. The lowest BCUT2D eigenvalue weighted by Crippen LogP contribution is -2.56. The molecule has 7 N–H and O–H groups in total. The molecule has 6 amide bonds. The van der Waals surface area contributed by atoms with Crippen LogP contribution in [0.1, 0.15) is 124 Å². The van der Waals surface area contributed by atoms with Crippen LogP contribution in [0.15, 0.2) is 84.5 Å². The molecule has 414 valence electrons. The first-order chi connectivity index (χ1) is 36.2. The van der Waals surface area contributed by atoms with Crippen molar-refractivity contribution < 1.29 is 62.4 Å². The molecule has 3 fully saturated rings. The van der Waals surface area contributed by atoms with E-state index in [4.69, 9.17) is 23.7 Å². The van der Waals surface area contributed by atoms with Crippen LogP contribution in [-0.4, -0.2) is 127 Å². The van der Waals surface area contributed by atoms with Crippen molar-refractivity contribution in [2.45, 2.75) is 173 Å². The number of rotatable bonds is 23. The van der Waals surface area contributed by atoms with Crippen LogP contribution in [0.25, 0.3) is 11.1 Å². The molecule has 3 aliphatic heterocycles. The minimum atomic E-state index is -1.07. The van der Waals surface area contributed by atoms with Crippen molar-refractivity contribution in [1.82, 2.24) is 32.1 Å². The number of benzene rings is 2. The summed E-state index contributed by atoms with van der Waals surface area (Å²) >= 11 is 0. The molecule has 0 saturated carbocycles. The number of aliphatic hydroxyl groups excluding tert-OH is 1. The van der Waals surface area contributed by atoms with Crippen molar-refractivity contribution in [3.8, 4) is 11.1 Å². The van der Waals surface area contributed by atoms with Crippen molar-refractivity contribution in [3.05, 3.63) is 95.6 Å². The van der Waals surface area contributed by atoms with E-state index in [9.17, 15) is 38.7 Å². The van der Waals surface area contributed by atoms with Crippen LogP contribution in [0.4, 0.5) is 4.79 Å². The van der Waals surface area contributed by atoms with Gasteiger partial charge in [0.05, 0.1) is 37.4 Å². The third-order valence-corrected chi connectivity index (χ3v) is 14.4. The molecule has 2 aromatic carbocycles. The number of amides is 6. The summed E-state index contributed by atoms with van der Waals surface area (Å²) in [6, 6.07) is 14.1. The van der Waals surface area contributed by atoms with Gasteiger partial charge < -0.3 is 50.1 Å². The van der Waals surface area contributed by atoms with Gasteiger partial charge in [0, 0.05) is 38.3 Å². The average molecular weight is 1060 g/mol. The molecule has 6 rings (SSSR count). The highest BCUT2D eigenvalue weighted by Gasteiger charge is 2.58. The minimum Gasteiger partial charge on any atom is -0.459 e. The van der Waals surface area contributed by atoms with Gasteiger partial charge in [0.1, 0.15) is 42.6 Å². The molecule has 19 nitrogen and oxygen atoms in total. The van der Waals surface area contributed by atoms with E-state index in [1.807, 2.05) is 50.3 Å². The SMILES string of the molecule is CC(=O)O[C@@H](C)C=CC(=O)N[C@@H]1C[C@H](C)[C@H](CC=C(C)C=C[C@H]2O[C@H](CC(=O)NNC(=O)[C@H](C)NC(=O)[C@@H](NC(=O)CCCCCNC(=O)OCC3c4ccccc4-c4ccccc43)C(C)C)C[C@@]3(CO3)[C@@H]2O)O[C@@H]1C. The van der Waals surface area contributed by atoms with Gasteiger partial charge in [-0.1, -0.05) is 99.5 Å². The Bertz CT molecular complexity index is 2430. The largest absolute Gasteiger partial charge is 0.459 e. The number of alkyl carbamates (subject to hydrolysis) is 1. The Morgan fingerprint density at radius 2 is 1.53 bits per heavy atom. The smallest absolute Gasteiger partial charge is 0.407 e. The number of aliphatic hydroxyl groups is 1. The first-order valence-corrected chi connectivity index (χ1v) is 26.6. The maximum Gasteiger partial charge on any atom is 0.407 e. The van der Waals surface area contributed by atoms with Gasteiger partial charge in [-0.3, -0.25) is 39.6 Å². The molecule has 19 heteroatoms. The zero-order valence-corrected chi connectivity index (χ0v) is 45.1. The Kier molecular flexibility index (Phi) is 21.4. The van der Waals surface area contributed by atoms with Gasteiger partial charge in [-0.2, -0.15) is 0 Å². The molecule has 3 heterocycles. The van der Waals surface area contributed by atoms with E-state index in [1.54, 1.807) is 26.8 Å². The number of hydrogen-bond donors (Lipinski definition) is 7. The number of esters is 1. The summed E-state index contributed by atoms with van der Waals surface area (Å²) in [4.78, 5) is 88.5. The monoisotopic (exact) mass is 1050 g/mol. The lowest BCUT2D eigenvalue weighted by Gasteiger charge is -2.39. The zero-order chi connectivity index (χ0) is 55.1. The summed E-state index contributed by atoms with van der Waals surface area (Å²) in [5, 5.41) is 22.4. The number of unbranched alkanes of at least 4 members (excludes halogenated alkanes) is 2. The van der Waals surface area contributed by atoms with Crippen molar-refractivity contribution in [2.24, 2.45) is 11.8 Å². The van der Waals surface area contributed by atoms with E-state index in [-0.39, 0.29) is 73.7 Å². The molecule has 0 aromatic heterocycles. The topological polar surface area (TPSA) is 261 Å². The van der Waals surface area contributed by atoms with E-state index in [0.29, 0.717) is 45.3 Å². The van der Waals surface area contributed by atoms with E-state index in [1.165, 1.54) is 26.0 Å². The number of allylic oxidation sites excluding steroid dienone is 2. The fourth-order valence-corrected chi connectivity index (χ4v) is 9.96. The third kappa shape index (κ3) is 16.8. The highest BCUT2D eigenvalue weighted by atomic mass is 16.6. The molecule has 4 aliphatic rings. The summed E-state index contributed by atoms with van der Waals surface area (Å²) in [5.74, 6) is -3.01. The zero-order valence-electron chi connectivity index (χ0n) is 45.1. The number of carbonyl (C=O) groups is 7. The van der Waals surface area contributed by atoms with Gasteiger partial charge in [0.2, 0.25) is 23.6 Å². The number of carbonyl (C=O) groups excluding carboxylic acids is 7. The van der Waals surface area contributed by atoms with Gasteiger partial charge >= 0.3 is 12.1 Å². The second-order valence-electron chi connectivity index (χ2n) is 21.0. The number of hydrazine groups is 1. The number of epoxide rings is 1. The van der Waals surface area contributed by atoms with Gasteiger partial charge in [-0.05, 0) is 93.5 Å².